The highest BCUT2D eigenvalue weighted by atomic mass is 32.2. The van der Waals surface area contributed by atoms with Crippen LogP contribution in [0.15, 0.2) is 40.6 Å². The normalized spacial score (nSPS) is 17.5. The second-order valence-electron chi connectivity index (χ2n) is 8.38. The van der Waals surface area contributed by atoms with E-state index in [1.54, 1.807) is 5.38 Å². The topological polar surface area (TPSA) is 95.6 Å². The Balaban J connectivity index is 1.35. The number of nitrogens with one attached hydrogen (secondary N) is 2. The summed E-state index contributed by atoms with van der Waals surface area (Å²) in [6.45, 7) is 0.861. The molecular formula is C23H29N3O4S2. The minimum atomic E-state index is -3.79. The number of sulfonamides is 1. The van der Waals surface area contributed by atoms with Crippen molar-refractivity contribution in [3.05, 3.63) is 51.7 Å². The van der Waals surface area contributed by atoms with Gasteiger partial charge in [0, 0.05) is 32.1 Å². The lowest BCUT2D eigenvalue weighted by atomic mass is 9.95. The first-order chi connectivity index (χ1) is 15.4. The van der Waals surface area contributed by atoms with Gasteiger partial charge in [0.1, 0.15) is 9.77 Å². The van der Waals surface area contributed by atoms with E-state index in [2.05, 4.69) is 10.6 Å². The molecule has 2 amide bonds. The summed E-state index contributed by atoms with van der Waals surface area (Å²) in [7, 11) is -3.79. The van der Waals surface area contributed by atoms with Crippen LogP contribution in [0.1, 0.15) is 59.3 Å². The molecule has 4 rings (SSSR count). The lowest BCUT2D eigenvalue weighted by Crippen LogP contribution is -2.38. The zero-order valence-corrected chi connectivity index (χ0v) is 19.6. The monoisotopic (exact) mass is 475 g/mol. The van der Waals surface area contributed by atoms with Gasteiger partial charge in [-0.25, -0.2) is 8.42 Å². The van der Waals surface area contributed by atoms with Crippen LogP contribution in [0.25, 0.3) is 0 Å². The number of benzene rings is 1. The third-order valence-corrected chi connectivity index (χ3v) is 9.09. The maximum Gasteiger partial charge on any atom is 0.262 e. The largest absolute Gasteiger partial charge is 0.353 e. The highest BCUT2D eigenvalue weighted by Gasteiger charge is 2.32. The summed E-state index contributed by atoms with van der Waals surface area (Å²) in [5, 5.41) is 7.36. The minimum absolute atomic E-state index is 0.0334. The van der Waals surface area contributed by atoms with E-state index in [0.29, 0.717) is 19.5 Å². The molecule has 0 unspecified atom stereocenters. The van der Waals surface area contributed by atoms with E-state index < -0.39 is 15.9 Å². The molecule has 2 heterocycles. The second-order valence-corrected chi connectivity index (χ2v) is 11.2. The van der Waals surface area contributed by atoms with Crippen LogP contribution in [0, 0.1) is 0 Å². The van der Waals surface area contributed by atoms with Gasteiger partial charge in [-0.1, -0.05) is 43.5 Å². The van der Waals surface area contributed by atoms with Crippen molar-refractivity contribution >= 4 is 33.2 Å². The number of thiophene rings is 1. The molecule has 0 spiro atoms. The van der Waals surface area contributed by atoms with E-state index >= 15 is 0 Å². The molecule has 1 aliphatic carbocycles. The molecule has 1 aromatic heterocycles. The molecule has 32 heavy (non-hydrogen) atoms. The molecule has 2 N–H and O–H groups in total. The molecule has 7 nitrogen and oxygen atoms in total. The first-order valence-electron chi connectivity index (χ1n) is 11.2. The van der Waals surface area contributed by atoms with Crippen molar-refractivity contribution in [1.82, 2.24) is 14.9 Å². The van der Waals surface area contributed by atoms with Gasteiger partial charge in [0.2, 0.25) is 15.9 Å². The maximum atomic E-state index is 13.3. The van der Waals surface area contributed by atoms with Crippen molar-refractivity contribution in [2.24, 2.45) is 0 Å². The number of nitrogens with zero attached hydrogens (tertiary/aromatic N) is 1. The number of hydrogen-bond donors (Lipinski definition) is 2. The molecule has 9 heteroatoms. The van der Waals surface area contributed by atoms with E-state index in [-0.39, 0.29) is 34.7 Å². The van der Waals surface area contributed by atoms with Gasteiger partial charge in [0.25, 0.3) is 5.91 Å². The van der Waals surface area contributed by atoms with Crippen LogP contribution in [0.4, 0.5) is 0 Å². The van der Waals surface area contributed by atoms with Gasteiger partial charge in [0.15, 0.2) is 0 Å². The Morgan fingerprint density at radius 3 is 2.59 bits per heavy atom. The summed E-state index contributed by atoms with van der Waals surface area (Å²) in [6.07, 6.45) is 6.35. The fourth-order valence-electron chi connectivity index (χ4n) is 4.40. The number of carbonyl (C=O) groups excluding carboxylic acids is 2. The van der Waals surface area contributed by atoms with E-state index in [4.69, 9.17) is 0 Å². The Kier molecular flexibility index (Phi) is 7.27. The van der Waals surface area contributed by atoms with Gasteiger partial charge >= 0.3 is 0 Å². The third kappa shape index (κ3) is 5.22. The minimum Gasteiger partial charge on any atom is -0.353 e. The summed E-state index contributed by atoms with van der Waals surface area (Å²) in [5.41, 5.74) is 2.15. The summed E-state index contributed by atoms with van der Waals surface area (Å²) < 4.78 is 28.0. The van der Waals surface area contributed by atoms with Crippen molar-refractivity contribution in [2.75, 3.05) is 13.1 Å². The fourth-order valence-corrected chi connectivity index (χ4v) is 7.13. The van der Waals surface area contributed by atoms with E-state index in [9.17, 15) is 18.0 Å². The van der Waals surface area contributed by atoms with Crippen LogP contribution in [-0.4, -0.2) is 43.7 Å². The highest BCUT2D eigenvalue weighted by Crippen LogP contribution is 2.29. The quantitative estimate of drug-likeness (QED) is 0.643. The molecule has 2 aromatic rings. The van der Waals surface area contributed by atoms with Gasteiger partial charge in [-0.05, 0) is 41.8 Å². The van der Waals surface area contributed by atoms with Gasteiger partial charge < -0.3 is 10.6 Å². The van der Waals surface area contributed by atoms with Gasteiger partial charge in [-0.2, -0.15) is 4.31 Å². The van der Waals surface area contributed by atoms with Gasteiger partial charge in [-0.3, -0.25) is 9.59 Å². The number of hydrogen-bond acceptors (Lipinski definition) is 5. The predicted octanol–water partition coefficient (Wildman–Crippen LogP) is 3.06. The number of carbonyl (C=O) groups is 2. The average molecular weight is 476 g/mol. The third-order valence-electron chi connectivity index (χ3n) is 6.16. The van der Waals surface area contributed by atoms with Crippen molar-refractivity contribution in [1.29, 1.82) is 0 Å². The smallest absolute Gasteiger partial charge is 0.262 e. The Hall–Kier alpha value is -2.23. The molecule has 1 aliphatic heterocycles. The Bertz CT molecular complexity index is 1070. The summed E-state index contributed by atoms with van der Waals surface area (Å²) in [5.74, 6) is -0.537. The van der Waals surface area contributed by atoms with Crippen molar-refractivity contribution in [3.63, 3.8) is 0 Å². The summed E-state index contributed by atoms with van der Waals surface area (Å²) in [4.78, 5) is 25.1. The molecule has 1 saturated carbocycles. The van der Waals surface area contributed by atoms with Gasteiger partial charge in [0.05, 0.1) is 0 Å². The second kappa shape index (κ2) is 10.1. The van der Waals surface area contributed by atoms with E-state index in [1.807, 2.05) is 24.3 Å². The first-order valence-corrected chi connectivity index (χ1v) is 13.5. The standard InChI is InChI=1S/C23H29N3O4S2/c27-21(25-19-8-2-1-3-9-19)10-13-24-23(28)22-20(12-15-31-22)32(29,30)26-14-11-17-6-4-5-7-18(17)16-26/h4-7,12,15,19H,1-3,8-11,13-14,16H2,(H,24,28)(H,25,27). The molecule has 0 radical (unpaired) electrons. The molecule has 1 fully saturated rings. The van der Waals surface area contributed by atoms with Crippen molar-refractivity contribution < 1.29 is 18.0 Å². The zero-order valence-electron chi connectivity index (χ0n) is 18.0. The zero-order chi connectivity index (χ0) is 22.6. The molecule has 0 atom stereocenters. The average Bonchev–Trinajstić information content (AvgIpc) is 3.30. The Morgan fingerprint density at radius 2 is 1.81 bits per heavy atom. The van der Waals surface area contributed by atoms with Crippen molar-refractivity contribution in [3.8, 4) is 0 Å². The van der Waals surface area contributed by atoms with Crippen molar-refractivity contribution in [2.45, 2.75) is 62.4 Å². The Labute approximate surface area is 193 Å². The number of rotatable bonds is 7. The predicted molar refractivity (Wildman–Crippen MR) is 124 cm³/mol. The first kappa shape index (κ1) is 22.9. The van der Waals surface area contributed by atoms with Crippen LogP contribution in [0.3, 0.4) is 0 Å². The lowest BCUT2D eigenvalue weighted by molar-refractivity contribution is -0.121. The number of amides is 2. The SMILES string of the molecule is O=C(CCNC(=O)c1sccc1S(=O)(=O)N1CCc2ccccc2C1)NC1CCCCC1. The molecular weight excluding hydrogens is 446 g/mol. The number of fused-ring (bicyclic) bond motifs is 1. The van der Waals surface area contributed by atoms with E-state index in [0.717, 1.165) is 48.1 Å². The highest BCUT2D eigenvalue weighted by molar-refractivity contribution is 7.89. The van der Waals surface area contributed by atoms with Crippen LogP contribution >= 0.6 is 11.3 Å². The molecule has 0 bridgehead atoms. The summed E-state index contributed by atoms with van der Waals surface area (Å²) in [6, 6.07) is 9.55. The Morgan fingerprint density at radius 1 is 1.06 bits per heavy atom. The van der Waals surface area contributed by atoms with Crippen LogP contribution < -0.4 is 10.6 Å². The van der Waals surface area contributed by atoms with Crippen LogP contribution in [-0.2, 0) is 27.8 Å². The molecule has 0 saturated heterocycles. The summed E-state index contributed by atoms with van der Waals surface area (Å²) >= 11 is 1.10. The van der Waals surface area contributed by atoms with E-state index in [1.165, 1.54) is 16.8 Å². The fraction of sp³-hybridized carbons (Fsp3) is 0.478. The van der Waals surface area contributed by atoms with Crippen LogP contribution in [0.2, 0.25) is 0 Å². The van der Waals surface area contributed by atoms with Crippen LogP contribution in [0.5, 0.6) is 0 Å². The molecule has 1 aromatic carbocycles. The molecule has 172 valence electrons. The molecule has 2 aliphatic rings. The van der Waals surface area contributed by atoms with Gasteiger partial charge in [-0.15, -0.1) is 11.3 Å². The lowest BCUT2D eigenvalue weighted by Gasteiger charge is -2.28. The maximum absolute atomic E-state index is 13.3.